The number of aromatic nitrogens is 1. The molecule has 0 radical (unpaired) electrons. The maximum absolute atomic E-state index is 11.8. The fraction of sp³-hybridized carbons (Fsp3) is 0.238. The highest BCUT2D eigenvalue weighted by Crippen LogP contribution is 2.36. The van der Waals surface area contributed by atoms with Crippen molar-refractivity contribution in [3.8, 4) is 0 Å². The average molecular weight is 411 g/mol. The van der Waals surface area contributed by atoms with Gasteiger partial charge in [0.15, 0.2) is 0 Å². The van der Waals surface area contributed by atoms with Crippen LogP contribution in [0.25, 0.3) is 10.9 Å². The molecule has 1 saturated heterocycles. The summed E-state index contributed by atoms with van der Waals surface area (Å²) in [5.41, 5.74) is 3.04. The lowest BCUT2D eigenvalue weighted by atomic mass is 9.96. The van der Waals surface area contributed by atoms with Gasteiger partial charge in [-0.05, 0) is 48.2 Å². The van der Waals surface area contributed by atoms with E-state index in [-0.39, 0.29) is 6.04 Å². The minimum absolute atomic E-state index is 0.131. The minimum atomic E-state index is -0.753. The van der Waals surface area contributed by atoms with E-state index in [2.05, 4.69) is 44.0 Å². The summed E-state index contributed by atoms with van der Waals surface area (Å²) in [4.78, 5) is 18.5. The Morgan fingerprint density at radius 3 is 2.81 bits per heavy atom. The molecule has 4 nitrogen and oxygen atoms in total. The molecule has 1 aromatic heterocycles. The van der Waals surface area contributed by atoms with Crippen LogP contribution in [0.1, 0.15) is 30.0 Å². The Balaban J connectivity index is 1.85. The summed E-state index contributed by atoms with van der Waals surface area (Å²) < 4.78 is 0.986. The lowest BCUT2D eigenvalue weighted by molar-refractivity contribution is -0.142. The van der Waals surface area contributed by atoms with Gasteiger partial charge in [0.2, 0.25) is 0 Å². The number of nitrogens with zero attached hydrogens (tertiary/aromatic N) is 2. The maximum Gasteiger partial charge on any atom is 0.320 e. The van der Waals surface area contributed by atoms with Gasteiger partial charge in [-0.15, -0.1) is 0 Å². The largest absolute Gasteiger partial charge is 0.480 e. The van der Waals surface area contributed by atoms with Gasteiger partial charge in [0.1, 0.15) is 6.04 Å². The van der Waals surface area contributed by atoms with E-state index in [4.69, 9.17) is 0 Å². The van der Waals surface area contributed by atoms with Gasteiger partial charge in [0.25, 0.3) is 0 Å². The predicted molar refractivity (Wildman–Crippen MR) is 105 cm³/mol. The van der Waals surface area contributed by atoms with Crippen LogP contribution < -0.4 is 0 Å². The van der Waals surface area contributed by atoms with Crippen molar-refractivity contribution in [2.45, 2.75) is 24.9 Å². The zero-order chi connectivity index (χ0) is 18.1. The molecule has 5 heteroatoms. The van der Waals surface area contributed by atoms with Crippen LogP contribution in [0, 0.1) is 0 Å². The van der Waals surface area contributed by atoms with Crippen molar-refractivity contribution in [3.63, 3.8) is 0 Å². The molecule has 0 spiro atoms. The van der Waals surface area contributed by atoms with Gasteiger partial charge in [-0.3, -0.25) is 14.7 Å². The van der Waals surface area contributed by atoms with E-state index in [1.807, 2.05) is 42.6 Å². The van der Waals surface area contributed by atoms with Crippen molar-refractivity contribution in [3.05, 3.63) is 76.4 Å². The quantitative estimate of drug-likeness (QED) is 0.680. The van der Waals surface area contributed by atoms with Crippen LogP contribution in [0.15, 0.2) is 65.3 Å². The van der Waals surface area contributed by atoms with Gasteiger partial charge in [0.05, 0.1) is 11.6 Å². The fourth-order valence-electron chi connectivity index (χ4n) is 3.85. The Kier molecular flexibility index (Phi) is 4.74. The zero-order valence-corrected chi connectivity index (χ0v) is 15.8. The van der Waals surface area contributed by atoms with Gasteiger partial charge in [-0.1, -0.05) is 46.3 Å². The fourth-order valence-corrected chi connectivity index (χ4v) is 4.27. The third kappa shape index (κ3) is 3.24. The molecule has 2 aromatic carbocycles. The Morgan fingerprint density at radius 1 is 1.15 bits per heavy atom. The highest BCUT2D eigenvalue weighted by atomic mass is 79.9. The first-order valence-electron chi connectivity index (χ1n) is 8.72. The van der Waals surface area contributed by atoms with Crippen LogP contribution >= 0.6 is 15.9 Å². The molecule has 1 N–H and O–H groups in total. The van der Waals surface area contributed by atoms with E-state index in [9.17, 15) is 9.90 Å². The smallest absolute Gasteiger partial charge is 0.320 e. The number of halogens is 1. The lowest BCUT2D eigenvalue weighted by Gasteiger charge is -2.32. The second-order valence-corrected chi connectivity index (χ2v) is 7.57. The second kappa shape index (κ2) is 7.17. The second-order valence-electron chi connectivity index (χ2n) is 6.65. The van der Waals surface area contributed by atoms with E-state index in [1.54, 1.807) is 0 Å². The Labute approximate surface area is 160 Å². The van der Waals surface area contributed by atoms with Crippen LogP contribution in [0.5, 0.6) is 0 Å². The molecule has 0 aliphatic carbocycles. The van der Waals surface area contributed by atoms with Gasteiger partial charge >= 0.3 is 5.97 Å². The van der Waals surface area contributed by atoms with Gasteiger partial charge in [0, 0.05) is 22.6 Å². The average Bonchev–Trinajstić information content (AvgIpc) is 3.11. The summed E-state index contributed by atoms with van der Waals surface area (Å²) >= 11 is 3.54. The number of carboxylic acid groups (broad SMARTS) is 1. The third-order valence-electron chi connectivity index (χ3n) is 5.00. The summed E-state index contributed by atoms with van der Waals surface area (Å²) in [5.74, 6) is -0.753. The van der Waals surface area contributed by atoms with Crippen LogP contribution in [0.4, 0.5) is 0 Å². The van der Waals surface area contributed by atoms with Gasteiger partial charge < -0.3 is 5.11 Å². The molecule has 0 amide bonds. The lowest BCUT2D eigenvalue weighted by Crippen LogP contribution is -2.39. The number of para-hydroxylation sites is 1. The Morgan fingerprint density at radius 2 is 2.00 bits per heavy atom. The Hall–Kier alpha value is -2.24. The molecule has 3 aromatic rings. The molecular weight excluding hydrogens is 392 g/mol. The molecule has 4 rings (SSSR count). The van der Waals surface area contributed by atoms with Crippen molar-refractivity contribution in [2.24, 2.45) is 0 Å². The first-order chi connectivity index (χ1) is 12.6. The number of carbonyl (C=O) groups is 1. The highest BCUT2D eigenvalue weighted by Gasteiger charge is 2.37. The molecule has 1 aliphatic rings. The van der Waals surface area contributed by atoms with Crippen molar-refractivity contribution >= 4 is 32.8 Å². The monoisotopic (exact) mass is 410 g/mol. The van der Waals surface area contributed by atoms with Crippen molar-refractivity contribution in [2.75, 3.05) is 6.54 Å². The summed E-state index contributed by atoms with van der Waals surface area (Å²) in [6, 6.07) is 17.6. The Bertz CT molecular complexity index is 959. The van der Waals surface area contributed by atoms with E-state index in [1.165, 1.54) is 0 Å². The third-order valence-corrected chi connectivity index (χ3v) is 5.50. The van der Waals surface area contributed by atoms with Crippen LogP contribution in [-0.2, 0) is 4.79 Å². The minimum Gasteiger partial charge on any atom is -0.480 e. The van der Waals surface area contributed by atoms with E-state index in [0.29, 0.717) is 6.42 Å². The first kappa shape index (κ1) is 17.2. The van der Waals surface area contributed by atoms with Crippen molar-refractivity contribution in [1.82, 2.24) is 9.88 Å². The highest BCUT2D eigenvalue weighted by molar-refractivity contribution is 9.10. The number of carboxylic acids is 1. The summed E-state index contributed by atoms with van der Waals surface area (Å²) in [6.07, 6.45) is 3.45. The maximum atomic E-state index is 11.8. The number of pyridine rings is 1. The first-order valence-corrected chi connectivity index (χ1v) is 9.51. The summed E-state index contributed by atoms with van der Waals surface area (Å²) in [6.45, 7) is 0.765. The molecule has 1 fully saturated rings. The van der Waals surface area contributed by atoms with Gasteiger partial charge in [-0.2, -0.15) is 0 Å². The topological polar surface area (TPSA) is 53.4 Å². The molecule has 26 heavy (non-hydrogen) atoms. The van der Waals surface area contributed by atoms with Crippen LogP contribution in [0.2, 0.25) is 0 Å². The molecular formula is C21H19BrN2O2. The van der Waals surface area contributed by atoms with Crippen LogP contribution in [0.3, 0.4) is 0 Å². The number of hydrogen-bond acceptors (Lipinski definition) is 3. The number of rotatable bonds is 4. The van der Waals surface area contributed by atoms with Crippen molar-refractivity contribution < 1.29 is 9.90 Å². The van der Waals surface area contributed by atoms with Crippen molar-refractivity contribution in [1.29, 1.82) is 0 Å². The number of benzene rings is 2. The SMILES string of the molecule is O=C(O)C1CCCN1C(c1cccc(Br)c1)c1cnc2ccccc2c1. The molecule has 0 bridgehead atoms. The number of likely N-dealkylation sites (tertiary alicyclic amines) is 1. The zero-order valence-electron chi connectivity index (χ0n) is 14.2. The standard InChI is InChI=1S/C21H19BrN2O2/c22-17-7-3-6-15(12-17)20(24-10-4-9-19(24)21(25)26)16-11-14-5-1-2-8-18(14)23-13-16/h1-3,5-8,11-13,19-20H,4,9-10H2,(H,25,26). The summed E-state index contributed by atoms with van der Waals surface area (Å²) in [5, 5.41) is 10.8. The number of fused-ring (bicyclic) bond motifs is 1. The van der Waals surface area contributed by atoms with Crippen LogP contribution in [-0.4, -0.2) is 33.5 Å². The van der Waals surface area contributed by atoms with E-state index >= 15 is 0 Å². The van der Waals surface area contributed by atoms with E-state index in [0.717, 1.165) is 39.5 Å². The van der Waals surface area contributed by atoms with Gasteiger partial charge in [-0.25, -0.2) is 0 Å². The molecule has 2 atom stereocenters. The molecule has 2 unspecified atom stereocenters. The molecule has 0 saturated carbocycles. The normalized spacial score (nSPS) is 18.9. The van der Waals surface area contributed by atoms with E-state index < -0.39 is 12.0 Å². The summed E-state index contributed by atoms with van der Waals surface area (Å²) in [7, 11) is 0. The molecule has 1 aliphatic heterocycles. The number of aliphatic carboxylic acids is 1. The molecule has 2 heterocycles. The predicted octanol–water partition coefficient (Wildman–Crippen LogP) is 4.64. The molecule has 132 valence electrons. The number of hydrogen-bond donors (Lipinski definition) is 1.